The van der Waals surface area contributed by atoms with Crippen LogP contribution < -0.4 is 16.0 Å². The number of anilines is 2. The molecule has 0 unspecified atom stereocenters. The van der Waals surface area contributed by atoms with Crippen LogP contribution in [0.15, 0.2) is 78.9 Å². The lowest BCUT2D eigenvalue weighted by Gasteiger charge is -2.19. The Hall–Kier alpha value is -4.37. The smallest absolute Gasteiger partial charge is 0.270 e. The largest absolute Gasteiger partial charge is 0.332 e. The Labute approximate surface area is 214 Å². The summed E-state index contributed by atoms with van der Waals surface area (Å²) in [5.74, 6) is -0.699. The SMILES string of the molecule is CC(C)(C)c1ccc(C(=O)Nc2ccc(NC(=S)NC(=O)/C=C/c3cccc([N+](=O)[O-])c3)cc2)cc1. The number of nitro groups is 1. The van der Waals surface area contributed by atoms with Gasteiger partial charge in [0.05, 0.1) is 4.92 Å². The monoisotopic (exact) mass is 502 g/mol. The topological polar surface area (TPSA) is 113 Å². The molecule has 3 N–H and O–H groups in total. The summed E-state index contributed by atoms with van der Waals surface area (Å²) in [4.78, 5) is 35.0. The number of carbonyl (C=O) groups is 2. The number of thiocarbonyl (C=S) groups is 1. The van der Waals surface area contributed by atoms with Crippen molar-refractivity contribution in [2.24, 2.45) is 0 Å². The van der Waals surface area contributed by atoms with E-state index in [1.54, 1.807) is 42.5 Å². The number of nitro benzene ring substituents is 1. The van der Waals surface area contributed by atoms with Crippen LogP contribution in [0, 0.1) is 10.1 Å². The van der Waals surface area contributed by atoms with Gasteiger partial charge in [0.15, 0.2) is 5.11 Å². The Morgan fingerprint density at radius 1 is 0.917 bits per heavy atom. The maximum Gasteiger partial charge on any atom is 0.270 e. The van der Waals surface area contributed by atoms with Gasteiger partial charge in [-0.15, -0.1) is 0 Å². The van der Waals surface area contributed by atoms with Gasteiger partial charge in [-0.05, 0) is 71.2 Å². The summed E-state index contributed by atoms with van der Waals surface area (Å²) in [5, 5.41) is 19.2. The minimum absolute atomic E-state index is 0.0131. The number of non-ortho nitro benzene ring substituents is 1. The zero-order valence-corrected chi connectivity index (χ0v) is 20.9. The summed E-state index contributed by atoms with van der Waals surface area (Å²) in [6.07, 6.45) is 2.69. The molecular formula is C27H26N4O4S. The molecule has 0 heterocycles. The minimum Gasteiger partial charge on any atom is -0.332 e. The van der Waals surface area contributed by atoms with Crippen molar-refractivity contribution in [1.29, 1.82) is 0 Å². The fraction of sp³-hybridized carbons (Fsp3) is 0.148. The zero-order chi connectivity index (χ0) is 26.3. The number of hydrogen-bond donors (Lipinski definition) is 3. The van der Waals surface area contributed by atoms with Gasteiger partial charge in [-0.3, -0.25) is 25.0 Å². The third kappa shape index (κ3) is 7.57. The second-order valence-electron chi connectivity index (χ2n) is 8.99. The van der Waals surface area contributed by atoms with Crippen LogP contribution in [0.3, 0.4) is 0 Å². The molecule has 0 atom stereocenters. The molecule has 2 amide bonds. The third-order valence-corrected chi connectivity index (χ3v) is 5.36. The molecule has 0 saturated carbocycles. The van der Waals surface area contributed by atoms with Crippen molar-refractivity contribution >= 4 is 52.3 Å². The van der Waals surface area contributed by atoms with E-state index in [0.29, 0.717) is 22.5 Å². The molecule has 0 spiro atoms. The number of amides is 2. The van der Waals surface area contributed by atoms with Crippen LogP contribution in [-0.4, -0.2) is 21.9 Å². The summed E-state index contributed by atoms with van der Waals surface area (Å²) in [5.41, 5.74) is 3.41. The molecule has 0 bridgehead atoms. The van der Waals surface area contributed by atoms with Crippen LogP contribution >= 0.6 is 12.2 Å². The first-order valence-corrected chi connectivity index (χ1v) is 11.5. The van der Waals surface area contributed by atoms with Gasteiger partial charge >= 0.3 is 0 Å². The number of rotatable bonds is 6. The van der Waals surface area contributed by atoms with E-state index >= 15 is 0 Å². The van der Waals surface area contributed by atoms with Gasteiger partial charge in [0.1, 0.15) is 0 Å². The van der Waals surface area contributed by atoms with E-state index in [9.17, 15) is 19.7 Å². The minimum atomic E-state index is -0.503. The van der Waals surface area contributed by atoms with Gasteiger partial charge in [-0.2, -0.15) is 0 Å². The summed E-state index contributed by atoms with van der Waals surface area (Å²) in [6.45, 7) is 6.35. The van der Waals surface area contributed by atoms with Gasteiger partial charge in [-0.1, -0.05) is 45.0 Å². The Balaban J connectivity index is 1.51. The van der Waals surface area contributed by atoms with Crippen LogP contribution in [0.4, 0.5) is 17.1 Å². The highest BCUT2D eigenvalue weighted by atomic mass is 32.1. The Bertz CT molecular complexity index is 1310. The predicted molar refractivity (Wildman–Crippen MR) is 146 cm³/mol. The predicted octanol–water partition coefficient (Wildman–Crippen LogP) is 5.67. The van der Waals surface area contributed by atoms with Crippen molar-refractivity contribution in [2.75, 3.05) is 10.6 Å². The van der Waals surface area contributed by atoms with Crippen LogP contribution in [-0.2, 0) is 10.2 Å². The maximum atomic E-state index is 12.5. The van der Waals surface area contributed by atoms with Crippen LogP contribution in [0.25, 0.3) is 6.08 Å². The molecule has 3 aromatic rings. The van der Waals surface area contributed by atoms with Crippen molar-refractivity contribution in [1.82, 2.24) is 5.32 Å². The molecule has 0 aliphatic rings. The van der Waals surface area contributed by atoms with Crippen LogP contribution in [0.1, 0.15) is 42.3 Å². The number of benzene rings is 3. The van der Waals surface area contributed by atoms with E-state index in [2.05, 4.69) is 36.7 Å². The molecule has 0 aliphatic carbocycles. The van der Waals surface area contributed by atoms with Crippen molar-refractivity contribution in [3.8, 4) is 0 Å². The summed E-state index contributed by atoms with van der Waals surface area (Å²) >= 11 is 5.17. The average molecular weight is 503 g/mol. The molecule has 0 radical (unpaired) electrons. The van der Waals surface area contributed by atoms with Gasteiger partial charge in [0, 0.05) is 35.1 Å². The first-order valence-electron chi connectivity index (χ1n) is 11.1. The van der Waals surface area contributed by atoms with Crippen molar-refractivity contribution < 1.29 is 14.5 Å². The molecule has 0 aromatic heterocycles. The molecular weight excluding hydrogens is 476 g/mol. The van der Waals surface area contributed by atoms with Crippen molar-refractivity contribution in [3.05, 3.63) is 106 Å². The lowest BCUT2D eigenvalue weighted by Crippen LogP contribution is -2.32. The van der Waals surface area contributed by atoms with E-state index in [4.69, 9.17) is 12.2 Å². The molecule has 9 heteroatoms. The number of carbonyl (C=O) groups excluding carboxylic acids is 2. The van der Waals surface area contributed by atoms with Crippen molar-refractivity contribution in [2.45, 2.75) is 26.2 Å². The first-order chi connectivity index (χ1) is 17.0. The lowest BCUT2D eigenvalue weighted by atomic mass is 9.87. The van der Waals surface area contributed by atoms with E-state index in [1.165, 1.54) is 30.4 Å². The molecule has 0 aliphatic heterocycles. The lowest BCUT2D eigenvalue weighted by molar-refractivity contribution is -0.384. The van der Waals surface area contributed by atoms with E-state index in [-0.39, 0.29) is 22.1 Å². The highest BCUT2D eigenvalue weighted by Crippen LogP contribution is 2.22. The first kappa shape index (κ1) is 26.2. The fourth-order valence-corrected chi connectivity index (χ4v) is 3.41. The highest BCUT2D eigenvalue weighted by Gasteiger charge is 2.14. The third-order valence-electron chi connectivity index (χ3n) is 5.16. The standard InChI is InChI=1S/C27H26N4O4S/c1-27(2,3)20-10-8-19(9-11-20)25(33)28-21-12-14-22(15-13-21)29-26(36)30-24(32)16-7-18-5-4-6-23(17-18)31(34)35/h4-17H,1-3H3,(H,28,33)(H2,29,30,32,36)/b16-7+. The Kier molecular flexibility index (Phi) is 8.29. The van der Waals surface area contributed by atoms with E-state index < -0.39 is 10.8 Å². The quantitative estimate of drug-likeness (QED) is 0.173. The van der Waals surface area contributed by atoms with Gasteiger partial charge in [0.2, 0.25) is 5.91 Å². The molecule has 184 valence electrons. The summed E-state index contributed by atoms with van der Waals surface area (Å²) in [7, 11) is 0. The second-order valence-corrected chi connectivity index (χ2v) is 9.40. The van der Waals surface area contributed by atoms with Crippen LogP contribution in [0.5, 0.6) is 0 Å². The number of nitrogens with one attached hydrogen (secondary N) is 3. The molecule has 0 fully saturated rings. The molecule has 3 rings (SSSR count). The van der Waals surface area contributed by atoms with Gasteiger partial charge in [0.25, 0.3) is 11.6 Å². The Morgan fingerprint density at radius 2 is 1.53 bits per heavy atom. The number of nitrogens with zero attached hydrogens (tertiary/aromatic N) is 1. The Morgan fingerprint density at radius 3 is 2.11 bits per heavy atom. The zero-order valence-electron chi connectivity index (χ0n) is 20.1. The second kappa shape index (κ2) is 11.4. The maximum absolute atomic E-state index is 12.5. The summed E-state index contributed by atoms with van der Waals surface area (Å²) < 4.78 is 0. The highest BCUT2D eigenvalue weighted by molar-refractivity contribution is 7.80. The normalized spacial score (nSPS) is 11.1. The van der Waals surface area contributed by atoms with E-state index in [0.717, 1.165) is 5.56 Å². The molecule has 3 aromatic carbocycles. The fourth-order valence-electron chi connectivity index (χ4n) is 3.19. The molecule has 0 saturated heterocycles. The molecule has 36 heavy (non-hydrogen) atoms. The number of hydrogen-bond acceptors (Lipinski definition) is 5. The van der Waals surface area contributed by atoms with Gasteiger partial charge < -0.3 is 10.6 Å². The van der Waals surface area contributed by atoms with E-state index in [1.807, 2.05) is 12.1 Å². The average Bonchev–Trinajstić information content (AvgIpc) is 2.83. The van der Waals surface area contributed by atoms with Crippen molar-refractivity contribution in [3.63, 3.8) is 0 Å². The van der Waals surface area contributed by atoms with Gasteiger partial charge in [-0.25, -0.2) is 0 Å². The summed E-state index contributed by atoms with van der Waals surface area (Å²) in [6, 6.07) is 20.3. The van der Waals surface area contributed by atoms with Crippen LogP contribution in [0.2, 0.25) is 0 Å². The molecule has 8 nitrogen and oxygen atoms in total.